The fourth-order valence-corrected chi connectivity index (χ4v) is 2.94. The lowest BCUT2D eigenvalue weighted by Gasteiger charge is -2.45. The first-order valence-corrected chi connectivity index (χ1v) is 7.95. The summed E-state index contributed by atoms with van der Waals surface area (Å²) in [5.41, 5.74) is -1.09. The van der Waals surface area contributed by atoms with Crippen molar-refractivity contribution < 1.29 is 48.0 Å². The fraction of sp³-hybridized carbons (Fsp3) is 0.750. The highest BCUT2D eigenvalue weighted by Gasteiger charge is 2.51. The standard InChI is InChI=1S/C16H24O10/c1-9(17)24-12-5-16(22-4,8-23-7-14(20)21)6-13(25-10(2)18)15(12)26-11(3)19/h12-13,15H,5-8H2,1-4H3,(H,20,21). The number of rotatable bonds is 8. The number of ether oxygens (including phenoxy) is 5. The monoisotopic (exact) mass is 376 g/mol. The van der Waals surface area contributed by atoms with Crippen LogP contribution in [0.15, 0.2) is 0 Å². The van der Waals surface area contributed by atoms with Crippen LogP contribution in [0.2, 0.25) is 0 Å². The summed E-state index contributed by atoms with van der Waals surface area (Å²) in [6.45, 7) is 2.88. The minimum absolute atomic E-state index is 0.0679. The molecule has 0 spiro atoms. The van der Waals surface area contributed by atoms with E-state index in [1.54, 1.807) is 0 Å². The molecule has 0 saturated heterocycles. The third-order valence-electron chi connectivity index (χ3n) is 3.84. The maximum atomic E-state index is 11.5. The van der Waals surface area contributed by atoms with Crippen LogP contribution < -0.4 is 0 Å². The first kappa shape index (κ1) is 21.8. The van der Waals surface area contributed by atoms with Gasteiger partial charge in [-0.05, 0) is 0 Å². The lowest BCUT2D eigenvalue weighted by atomic mass is 9.79. The van der Waals surface area contributed by atoms with Gasteiger partial charge in [-0.25, -0.2) is 4.79 Å². The van der Waals surface area contributed by atoms with Gasteiger partial charge in [0.05, 0.1) is 12.2 Å². The van der Waals surface area contributed by atoms with Gasteiger partial charge in [0.1, 0.15) is 18.8 Å². The van der Waals surface area contributed by atoms with Crippen molar-refractivity contribution in [3.8, 4) is 0 Å². The minimum atomic E-state index is -1.15. The summed E-state index contributed by atoms with van der Waals surface area (Å²) in [6, 6.07) is 0. The third kappa shape index (κ3) is 6.60. The van der Waals surface area contributed by atoms with E-state index in [9.17, 15) is 19.2 Å². The van der Waals surface area contributed by atoms with E-state index in [1.807, 2.05) is 0 Å². The normalized spacial score (nSPS) is 28.1. The molecule has 0 amide bonds. The van der Waals surface area contributed by atoms with Gasteiger partial charge in [0.15, 0.2) is 6.10 Å². The largest absolute Gasteiger partial charge is 0.480 e. The van der Waals surface area contributed by atoms with Crippen molar-refractivity contribution >= 4 is 23.9 Å². The third-order valence-corrected chi connectivity index (χ3v) is 3.84. The maximum Gasteiger partial charge on any atom is 0.329 e. The van der Waals surface area contributed by atoms with Crippen LogP contribution in [0.1, 0.15) is 33.6 Å². The van der Waals surface area contributed by atoms with Gasteiger partial charge in [0, 0.05) is 40.7 Å². The average molecular weight is 376 g/mol. The zero-order chi connectivity index (χ0) is 19.9. The van der Waals surface area contributed by atoms with Gasteiger partial charge in [0.25, 0.3) is 0 Å². The molecule has 0 aromatic carbocycles. The number of esters is 3. The van der Waals surface area contributed by atoms with Crippen molar-refractivity contribution in [2.45, 2.75) is 57.5 Å². The summed E-state index contributed by atoms with van der Waals surface area (Å²) in [5, 5.41) is 8.72. The van der Waals surface area contributed by atoms with Crippen LogP contribution in [-0.2, 0) is 42.9 Å². The SMILES string of the molecule is COC1(COCC(=O)O)CC(OC(C)=O)C(OC(C)=O)C(OC(C)=O)C1. The summed E-state index contributed by atoms with van der Waals surface area (Å²) in [6.07, 6.45) is -2.79. The van der Waals surface area contributed by atoms with E-state index < -0.39 is 54.4 Å². The maximum absolute atomic E-state index is 11.5. The fourth-order valence-electron chi connectivity index (χ4n) is 2.94. The number of hydrogen-bond donors (Lipinski definition) is 1. The Labute approximate surface area is 150 Å². The molecule has 0 bridgehead atoms. The van der Waals surface area contributed by atoms with E-state index in [4.69, 9.17) is 28.8 Å². The Morgan fingerprint density at radius 3 is 1.73 bits per heavy atom. The smallest absolute Gasteiger partial charge is 0.329 e. The Morgan fingerprint density at radius 1 is 0.923 bits per heavy atom. The van der Waals surface area contributed by atoms with Gasteiger partial charge in [-0.15, -0.1) is 0 Å². The average Bonchev–Trinajstić information content (AvgIpc) is 2.49. The van der Waals surface area contributed by atoms with Gasteiger partial charge in [-0.1, -0.05) is 0 Å². The first-order valence-electron chi connectivity index (χ1n) is 7.95. The summed E-state index contributed by atoms with van der Waals surface area (Å²) in [5.74, 6) is -3.02. The van der Waals surface area contributed by atoms with Crippen LogP contribution in [0.3, 0.4) is 0 Å². The lowest BCUT2D eigenvalue weighted by Crippen LogP contribution is -2.58. The number of methoxy groups -OCH3 is 1. The van der Waals surface area contributed by atoms with Crippen LogP contribution in [0.5, 0.6) is 0 Å². The molecule has 0 aliphatic heterocycles. The summed E-state index contributed by atoms with van der Waals surface area (Å²) >= 11 is 0. The molecular weight excluding hydrogens is 352 g/mol. The van der Waals surface area contributed by atoms with Crippen LogP contribution in [-0.4, -0.2) is 73.2 Å². The second-order valence-corrected chi connectivity index (χ2v) is 6.05. The van der Waals surface area contributed by atoms with E-state index in [1.165, 1.54) is 27.9 Å². The quantitative estimate of drug-likeness (QED) is 0.457. The van der Waals surface area contributed by atoms with Gasteiger partial charge in [-0.3, -0.25) is 14.4 Å². The van der Waals surface area contributed by atoms with Gasteiger partial charge in [-0.2, -0.15) is 0 Å². The van der Waals surface area contributed by atoms with Crippen molar-refractivity contribution in [2.24, 2.45) is 0 Å². The van der Waals surface area contributed by atoms with Crippen LogP contribution >= 0.6 is 0 Å². The molecule has 2 atom stereocenters. The first-order chi connectivity index (χ1) is 12.1. The van der Waals surface area contributed by atoms with Gasteiger partial charge < -0.3 is 28.8 Å². The summed E-state index contributed by atoms with van der Waals surface area (Å²) in [7, 11) is 1.38. The molecule has 148 valence electrons. The molecule has 0 radical (unpaired) electrons. The number of carboxylic acids is 1. The number of carboxylic acid groups (broad SMARTS) is 1. The number of carbonyl (C=O) groups excluding carboxylic acids is 3. The van der Waals surface area contributed by atoms with Gasteiger partial charge >= 0.3 is 23.9 Å². The molecule has 1 fully saturated rings. The molecule has 1 N–H and O–H groups in total. The Bertz CT molecular complexity index is 517. The Hall–Kier alpha value is -2.20. The van der Waals surface area contributed by atoms with E-state index in [0.29, 0.717) is 0 Å². The lowest BCUT2D eigenvalue weighted by molar-refractivity contribution is -0.218. The van der Waals surface area contributed by atoms with Crippen molar-refractivity contribution in [3.63, 3.8) is 0 Å². The summed E-state index contributed by atoms with van der Waals surface area (Å²) in [4.78, 5) is 45.0. The second-order valence-electron chi connectivity index (χ2n) is 6.05. The number of carbonyl (C=O) groups is 4. The second kappa shape index (κ2) is 9.48. The van der Waals surface area contributed by atoms with E-state index in [2.05, 4.69) is 0 Å². The van der Waals surface area contributed by atoms with Crippen LogP contribution in [0, 0.1) is 0 Å². The topological polar surface area (TPSA) is 135 Å². The van der Waals surface area contributed by atoms with Gasteiger partial charge in [0.2, 0.25) is 0 Å². The highest BCUT2D eigenvalue weighted by Crippen LogP contribution is 2.37. The molecule has 1 aliphatic rings. The highest BCUT2D eigenvalue weighted by molar-refractivity contribution is 5.68. The van der Waals surface area contributed by atoms with E-state index in [-0.39, 0.29) is 19.4 Å². The minimum Gasteiger partial charge on any atom is -0.480 e. The molecule has 10 nitrogen and oxygen atoms in total. The summed E-state index contributed by atoms with van der Waals surface area (Å²) < 4.78 is 26.3. The van der Waals surface area contributed by atoms with Crippen molar-refractivity contribution in [1.29, 1.82) is 0 Å². The molecule has 1 rings (SSSR count). The van der Waals surface area contributed by atoms with Crippen LogP contribution in [0.4, 0.5) is 0 Å². The highest BCUT2D eigenvalue weighted by atomic mass is 16.6. The van der Waals surface area contributed by atoms with Crippen molar-refractivity contribution in [2.75, 3.05) is 20.3 Å². The Morgan fingerprint density at radius 2 is 1.38 bits per heavy atom. The molecule has 0 aromatic heterocycles. The molecule has 0 heterocycles. The molecule has 10 heteroatoms. The molecule has 2 unspecified atom stereocenters. The molecule has 1 saturated carbocycles. The predicted molar refractivity (Wildman–Crippen MR) is 84.1 cm³/mol. The van der Waals surface area contributed by atoms with E-state index >= 15 is 0 Å². The van der Waals surface area contributed by atoms with E-state index in [0.717, 1.165) is 0 Å². The molecule has 26 heavy (non-hydrogen) atoms. The molecule has 0 aromatic rings. The van der Waals surface area contributed by atoms with Crippen LogP contribution in [0.25, 0.3) is 0 Å². The van der Waals surface area contributed by atoms with Crippen molar-refractivity contribution in [1.82, 2.24) is 0 Å². The number of aliphatic carboxylic acids is 1. The molecule has 1 aliphatic carbocycles. The zero-order valence-corrected chi connectivity index (χ0v) is 15.2. The Balaban J connectivity index is 3.10. The predicted octanol–water partition coefficient (Wildman–Crippen LogP) is 0.0617. The number of hydrogen-bond acceptors (Lipinski definition) is 9. The zero-order valence-electron chi connectivity index (χ0n) is 15.2. The Kier molecular flexibility index (Phi) is 7.97. The molecular formula is C16H24O10. The van der Waals surface area contributed by atoms with Crippen molar-refractivity contribution in [3.05, 3.63) is 0 Å².